The summed E-state index contributed by atoms with van der Waals surface area (Å²) in [7, 11) is 7.22. The molecule has 0 aliphatic rings. The second kappa shape index (κ2) is 14.1. The summed E-state index contributed by atoms with van der Waals surface area (Å²) in [6, 6.07) is 0. The zero-order valence-corrected chi connectivity index (χ0v) is 22.9. The molecule has 0 radical (unpaired) electrons. The van der Waals surface area contributed by atoms with Crippen molar-refractivity contribution >= 4 is 26.9 Å². The monoisotopic (exact) mass is 516 g/mol. The Bertz CT molecular complexity index is 338. The van der Waals surface area contributed by atoms with Crippen molar-refractivity contribution in [1.82, 2.24) is 18.7 Å². The van der Waals surface area contributed by atoms with Crippen molar-refractivity contribution in [3.63, 3.8) is 0 Å². The van der Waals surface area contributed by atoms with E-state index in [1.807, 2.05) is 0 Å². The van der Waals surface area contributed by atoms with E-state index in [1.165, 1.54) is 84.1 Å². The van der Waals surface area contributed by atoms with Crippen LogP contribution in [0.5, 0.6) is 0 Å². The molecule has 0 spiro atoms. The predicted octanol–water partition coefficient (Wildman–Crippen LogP) is 6.87. The number of halogens is 1. The zero-order chi connectivity index (χ0) is 20.9. The first-order valence-electron chi connectivity index (χ1n) is 11.4. The van der Waals surface area contributed by atoms with Gasteiger partial charge in [-0.25, -0.2) is 0 Å². The molecule has 0 unspecified atom stereocenters. The van der Waals surface area contributed by atoms with Gasteiger partial charge in [-0.2, -0.15) is 0 Å². The van der Waals surface area contributed by atoms with Gasteiger partial charge in [0, 0.05) is 0 Å². The van der Waals surface area contributed by atoms with Gasteiger partial charge in [-0.1, -0.05) is 0 Å². The molecular formula is C21H50IN4P. The Morgan fingerprint density at radius 2 is 0.815 bits per heavy atom. The van der Waals surface area contributed by atoms with Crippen LogP contribution in [0.4, 0.5) is 0 Å². The first-order valence-corrected chi connectivity index (χ1v) is 16.3. The van der Waals surface area contributed by atoms with Crippen LogP contribution in [0.15, 0.2) is 0 Å². The summed E-state index contributed by atoms with van der Waals surface area (Å²) in [6.45, 7) is 17.5. The van der Waals surface area contributed by atoms with Crippen LogP contribution in [-0.2, 0) is 0 Å². The Labute approximate surface area is 185 Å². The van der Waals surface area contributed by atoms with E-state index in [2.05, 4.69) is 96.5 Å². The van der Waals surface area contributed by atoms with Crippen molar-refractivity contribution in [2.75, 3.05) is 53.9 Å². The van der Waals surface area contributed by atoms with Crippen LogP contribution in [-0.4, -0.2) is 72.5 Å². The summed E-state index contributed by atoms with van der Waals surface area (Å²) in [5.41, 5.74) is 0. The minimum absolute atomic E-state index is 1.17. The van der Waals surface area contributed by atoms with E-state index in [0.29, 0.717) is 0 Å². The van der Waals surface area contributed by atoms with Gasteiger partial charge >= 0.3 is 185 Å². The molecule has 6 heteroatoms. The second-order valence-electron chi connectivity index (χ2n) is 8.00. The molecule has 0 saturated carbocycles. The minimum atomic E-state index is -2.60. The molecule has 4 nitrogen and oxygen atoms in total. The van der Waals surface area contributed by atoms with Crippen LogP contribution >= 0.6 is 26.9 Å². The van der Waals surface area contributed by atoms with E-state index >= 15 is 0 Å². The van der Waals surface area contributed by atoms with Gasteiger partial charge in [0.25, 0.3) is 0 Å². The van der Waals surface area contributed by atoms with Crippen LogP contribution < -0.4 is 0 Å². The van der Waals surface area contributed by atoms with Crippen LogP contribution in [0.1, 0.15) is 86.0 Å². The molecule has 0 amide bonds. The summed E-state index contributed by atoms with van der Waals surface area (Å²) in [6.07, 6.45) is 10.0. The number of nitrogens with zero attached hydrogens (tertiary/aromatic N) is 4. The number of rotatable bonds is 17. The van der Waals surface area contributed by atoms with Crippen LogP contribution in [0.3, 0.4) is 0 Å². The van der Waals surface area contributed by atoms with Crippen LogP contribution in [0.2, 0.25) is 0 Å². The summed E-state index contributed by atoms with van der Waals surface area (Å²) < 4.78 is 11.2. The van der Waals surface area contributed by atoms with Crippen molar-refractivity contribution in [2.45, 2.75) is 86.0 Å². The fraction of sp³-hybridized carbons (Fsp3) is 1.00. The van der Waals surface area contributed by atoms with E-state index in [0.717, 1.165) is 0 Å². The molecule has 0 rings (SSSR count). The fourth-order valence-corrected chi connectivity index (χ4v) is 12.7. The van der Waals surface area contributed by atoms with Gasteiger partial charge in [-0.15, -0.1) is 0 Å². The second-order valence-corrected chi connectivity index (χ2v) is 17.5. The third kappa shape index (κ3) is 6.49. The van der Waals surface area contributed by atoms with Gasteiger partial charge < -0.3 is 0 Å². The van der Waals surface area contributed by atoms with Crippen molar-refractivity contribution < 1.29 is 0 Å². The Hall–Kier alpha value is 1.00. The Morgan fingerprint density at radius 1 is 0.519 bits per heavy atom. The molecule has 0 aliphatic carbocycles. The fourth-order valence-electron chi connectivity index (χ4n) is 4.08. The van der Waals surface area contributed by atoms with Crippen LogP contribution in [0.25, 0.3) is 0 Å². The van der Waals surface area contributed by atoms with Crippen LogP contribution in [0, 0.1) is 0 Å². The van der Waals surface area contributed by atoms with Gasteiger partial charge in [0.15, 0.2) is 0 Å². The maximum atomic E-state index is 2.95. The van der Waals surface area contributed by atoms with E-state index in [-0.39, 0.29) is 0 Å². The number of hydrogen-bond acceptors (Lipinski definition) is 4. The van der Waals surface area contributed by atoms with E-state index in [4.69, 9.17) is 0 Å². The van der Waals surface area contributed by atoms with Crippen molar-refractivity contribution in [3.05, 3.63) is 0 Å². The molecule has 27 heavy (non-hydrogen) atoms. The molecule has 0 aromatic heterocycles. The molecule has 0 saturated heterocycles. The SMILES string of the molecule is CCCCN(C)P(I)(N(C)CCCC)(N(C)CCCC)N(CCC)CCC. The normalized spacial score (nSPS) is 14.5. The average molecular weight is 517 g/mol. The number of unbranched alkanes of at least 4 members (excludes halogenated alkanes) is 3. The first kappa shape index (κ1) is 28.0. The van der Waals surface area contributed by atoms with E-state index in [9.17, 15) is 0 Å². The maximum absolute atomic E-state index is 2.95. The molecule has 166 valence electrons. The Morgan fingerprint density at radius 3 is 1.04 bits per heavy atom. The topological polar surface area (TPSA) is 13.0 Å². The quantitative estimate of drug-likeness (QED) is 0.155. The molecule has 0 N–H and O–H groups in total. The first-order chi connectivity index (χ1) is 12.8. The van der Waals surface area contributed by atoms with Gasteiger partial charge in [-0.05, 0) is 0 Å². The third-order valence-electron chi connectivity index (χ3n) is 5.72. The van der Waals surface area contributed by atoms with Crippen molar-refractivity contribution in [2.24, 2.45) is 0 Å². The van der Waals surface area contributed by atoms with E-state index in [1.54, 1.807) is 0 Å². The van der Waals surface area contributed by atoms with E-state index < -0.39 is 4.85 Å². The Balaban J connectivity index is 6.37. The zero-order valence-electron chi connectivity index (χ0n) is 19.8. The summed E-state index contributed by atoms with van der Waals surface area (Å²) >= 11 is 2.95. The Kier molecular flexibility index (Phi) is 14.6. The van der Waals surface area contributed by atoms with Gasteiger partial charge in [0.2, 0.25) is 0 Å². The van der Waals surface area contributed by atoms with Gasteiger partial charge in [-0.3, -0.25) is 0 Å². The third-order valence-corrected chi connectivity index (χ3v) is 19.7. The standard InChI is InChI=1S/C21H50IN4P/c1-9-14-19-23(6)27(22,24(7)20-15-10-2,25(8)21-16-11-3)26(17-12-4)18-13-5/h9-21H2,1-8H3. The average Bonchev–Trinajstić information content (AvgIpc) is 2.67. The summed E-state index contributed by atoms with van der Waals surface area (Å²) in [4.78, 5) is -2.60. The molecule has 0 bridgehead atoms. The molecule has 0 heterocycles. The molecule has 0 fully saturated rings. The molecule has 0 aliphatic heterocycles. The summed E-state index contributed by atoms with van der Waals surface area (Å²) in [5.74, 6) is 0. The van der Waals surface area contributed by atoms with Gasteiger partial charge in [0.1, 0.15) is 0 Å². The molecule has 0 aromatic carbocycles. The molecule has 0 atom stereocenters. The summed E-state index contributed by atoms with van der Waals surface area (Å²) in [5, 5.41) is 0. The molecule has 0 aromatic rings. The van der Waals surface area contributed by atoms with Crippen molar-refractivity contribution in [3.8, 4) is 0 Å². The molecular weight excluding hydrogens is 466 g/mol. The van der Waals surface area contributed by atoms with Gasteiger partial charge in [0.05, 0.1) is 0 Å². The predicted molar refractivity (Wildman–Crippen MR) is 136 cm³/mol. The number of hydrogen-bond donors (Lipinski definition) is 0. The van der Waals surface area contributed by atoms with Crippen molar-refractivity contribution in [1.29, 1.82) is 0 Å².